The van der Waals surface area contributed by atoms with Crippen LogP contribution >= 0.6 is 23.5 Å². The number of carbonyl (C=O) groups excluding carboxylic acids is 11. The highest BCUT2D eigenvalue weighted by Crippen LogP contribution is 2.44. The lowest BCUT2D eigenvalue weighted by atomic mass is 9.89. The Labute approximate surface area is 715 Å². The Morgan fingerprint density at radius 3 is 1.76 bits per heavy atom. The van der Waals surface area contributed by atoms with Gasteiger partial charge in [0.05, 0.1) is 82.9 Å². The summed E-state index contributed by atoms with van der Waals surface area (Å²) in [4.78, 5) is 162. The van der Waals surface area contributed by atoms with Crippen LogP contribution in [0.15, 0.2) is 159 Å². The molecule has 2 aliphatic heterocycles. The normalized spacial score (nSPS) is 16.6. The monoisotopic (exact) mass is 1700 g/mol. The summed E-state index contributed by atoms with van der Waals surface area (Å²) in [5, 5.41) is 27.9. The van der Waals surface area contributed by atoms with E-state index in [2.05, 4.69) is 31.9 Å². The van der Waals surface area contributed by atoms with E-state index in [9.17, 15) is 57.8 Å². The maximum absolute atomic E-state index is 14.9. The number of amides is 12. The number of aliphatic hydroxyl groups excluding tert-OH is 1. The van der Waals surface area contributed by atoms with Crippen LogP contribution in [0.4, 0.5) is 21.0 Å². The minimum absolute atomic E-state index is 0.0546. The fraction of sp³-hybridized carbons (Fsp3) is 0.522. The summed E-state index contributed by atoms with van der Waals surface area (Å²) in [5.74, 6) is -5.91. The molecule has 0 spiro atoms. The number of nitrogens with one attached hydrogen (secondary N) is 6. The Balaban J connectivity index is 0.899. The molecule has 30 heteroatoms. The molecule has 12 amide bonds. The molecular weight excluding hydrogens is 1570 g/mol. The predicted octanol–water partition coefficient (Wildman–Crippen LogP) is 11.7. The Bertz CT molecular complexity index is 4230. The van der Waals surface area contributed by atoms with E-state index in [-0.39, 0.29) is 63.2 Å². The van der Waals surface area contributed by atoms with E-state index in [1.807, 2.05) is 107 Å². The maximum atomic E-state index is 14.9. The lowest BCUT2D eigenvalue weighted by Crippen LogP contribution is -2.60. The van der Waals surface area contributed by atoms with Crippen LogP contribution in [0.5, 0.6) is 5.75 Å². The van der Waals surface area contributed by atoms with Crippen molar-refractivity contribution in [1.29, 1.82) is 0 Å². The van der Waals surface area contributed by atoms with Gasteiger partial charge in [0.25, 0.3) is 11.8 Å². The van der Waals surface area contributed by atoms with E-state index in [1.54, 1.807) is 147 Å². The van der Waals surface area contributed by atoms with Crippen molar-refractivity contribution in [2.75, 3.05) is 58.2 Å². The molecule has 1 fully saturated rings. The number of ether oxygens (including phenoxy) is 5. The minimum atomic E-state index is -1.16. The van der Waals surface area contributed by atoms with E-state index < -0.39 is 149 Å². The number of nitrogens with two attached hydrogens (primary N) is 1. The maximum Gasteiger partial charge on any atom is 0.410 e. The van der Waals surface area contributed by atoms with E-state index in [0.29, 0.717) is 70.3 Å². The molecule has 12 atom stereocenters. The van der Waals surface area contributed by atoms with E-state index in [1.165, 1.54) is 54.6 Å². The fourth-order valence-corrected chi connectivity index (χ4v) is 16.8. The number of nitrogens with zero attached hydrogens (tertiary/aromatic N) is 4. The summed E-state index contributed by atoms with van der Waals surface area (Å²) >= 11 is 2.50. The molecule has 0 saturated carbocycles. The third-order valence-corrected chi connectivity index (χ3v) is 24.0. The van der Waals surface area contributed by atoms with Gasteiger partial charge >= 0.3 is 12.1 Å². The number of imide groups is 1. The van der Waals surface area contributed by atoms with Gasteiger partial charge in [-0.3, -0.25) is 48.1 Å². The average molecular weight is 1700 g/mol. The number of likely N-dealkylation sites (tertiary alicyclic amines) is 1. The zero-order chi connectivity index (χ0) is 88.5. The quantitative estimate of drug-likeness (QED) is 0.0133. The van der Waals surface area contributed by atoms with Crippen LogP contribution in [0.1, 0.15) is 166 Å². The Hall–Kier alpha value is -9.85. The molecule has 120 heavy (non-hydrogen) atoms. The number of rotatable bonds is 45. The highest BCUT2D eigenvalue weighted by molar-refractivity contribution is 8.08. The van der Waals surface area contributed by atoms with Crippen molar-refractivity contribution in [3.05, 3.63) is 160 Å². The zero-order valence-electron chi connectivity index (χ0n) is 72.6. The van der Waals surface area contributed by atoms with Crippen molar-refractivity contribution >= 4 is 100 Å². The van der Waals surface area contributed by atoms with Crippen LogP contribution in [0.2, 0.25) is 0 Å². The summed E-state index contributed by atoms with van der Waals surface area (Å²) in [6, 6.07) is 34.1. The van der Waals surface area contributed by atoms with Crippen molar-refractivity contribution in [2.45, 2.75) is 237 Å². The van der Waals surface area contributed by atoms with Gasteiger partial charge in [-0.2, -0.15) is 0 Å². The SMILES string of the molecule is CCC(C)[C@@H]([C@@H](CC(=O)N1CCC[C@H]1[C@H](OC)[C@@H](C)C(=O)N[C@H](C)C(O)c1ccccc1)OC)N(C)C(=O)[C@@H](NC(=O)[C@H](C(C)C)N(C)C(=O)OCc1ccc(NC(=O)[C@H](CCCNC(N)=O)NC(=O)[C@@H](NC(=O)CC(C)(C)OCCC(C)(C)Oc2ccc(N3C(=O)C(Sc4ccccc4)=C(Sc4ccccc4)C3=O)cc2)C(C)C)cc1)C(C)C. The second kappa shape index (κ2) is 45.7. The minimum Gasteiger partial charge on any atom is -0.488 e. The molecule has 2 aliphatic rings. The largest absolute Gasteiger partial charge is 0.488 e. The fourth-order valence-electron chi connectivity index (χ4n) is 14.8. The van der Waals surface area contributed by atoms with Crippen LogP contribution in [0.25, 0.3) is 0 Å². The third kappa shape index (κ3) is 27.6. The number of thioether (sulfide) groups is 2. The lowest BCUT2D eigenvalue weighted by molar-refractivity contribution is -0.148. The smallest absolute Gasteiger partial charge is 0.410 e. The molecule has 0 aliphatic carbocycles. The van der Waals surface area contributed by atoms with Gasteiger partial charge in [-0.25, -0.2) is 14.5 Å². The number of anilines is 2. The number of benzene rings is 5. The molecule has 2 unspecified atom stereocenters. The molecule has 5 aromatic rings. The van der Waals surface area contributed by atoms with Crippen molar-refractivity contribution < 1.29 is 81.5 Å². The highest BCUT2D eigenvalue weighted by atomic mass is 32.2. The summed E-state index contributed by atoms with van der Waals surface area (Å²) in [6.45, 7) is 25.8. The lowest BCUT2D eigenvalue weighted by Gasteiger charge is -2.41. The Kier molecular flexibility index (Phi) is 37.0. The second-order valence-electron chi connectivity index (χ2n) is 33.1. The number of carbonyl (C=O) groups is 11. The topological polar surface area (TPSA) is 365 Å². The van der Waals surface area contributed by atoms with Crippen LogP contribution < -0.4 is 47.3 Å². The number of primary amides is 1. The van der Waals surface area contributed by atoms with E-state index in [0.717, 1.165) is 9.79 Å². The second-order valence-corrected chi connectivity index (χ2v) is 35.3. The summed E-state index contributed by atoms with van der Waals surface area (Å²) in [7, 11) is 6.08. The number of methoxy groups -OCH3 is 2. The van der Waals surface area contributed by atoms with Gasteiger partial charge in [0.1, 0.15) is 42.1 Å². The van der Waals surface area contributed by atoms with Crippen molar-refractivity contribution in [3.63, 3.8) is 0 Å². The summed E-state index contributed by atoms with van der Waals surface area (Å²) < 4.78 is 30.5. The van der Waals surface area contributed by atoms with Crippen molar-refractivity contribution in [3.8, 4) is 5.75 Å². The predicted molar refractivity (Wildman–Crippen MR) is 464 cm³/mol. The molecule has 0 radical (unpaired) electrons. The Morgan fingerprint density at radius 1 is 0.650 bits per heavy atom. The highest BCUT2D eigenvalue weighted by Gasteiger charge is 2.46. The van der Waals surface area contributed by atoms with Gasteiger partial charge in [-0.05, 0) is 156 Å². The molecule has 7 rings (SSSR count). The van der Waals surface area contributed by atoms with Crippen LogP contribution in [0.3, 0.4) is 0 Å². The van der Waals surface area contributed by atoms with Gasteiger partial charge < -0.3 is 76.2 Å². The molecule has 28 nitrogen and oxygen atoms in total. The zero-order valence-corrected chi connectivity index (χ0v) is 74.2. The van der Waals surface area contributed by atoms with E-state index in [4.69, 9.17) is 29.4 Å². The number of hydrogen-bond donors (Lipinski definition) is 8. The molecule has 5 aromatic carbocycles. The number of likely N-dealkylation sites (N-methyl/N-ethyl adjacent to an activating group) is 2. The number of aliphatic hydroxyl groups is 1. The first-order valence-corrected chi connectivity index (χ1v) is 42.8. The number of urea groups is 1. The van der Waals surface area contributed by atoms with Crippen molar-refractivity contribution in [1.82, 2.24) is 41.3 Å². The molecule has 0 bridgehead atoms. The van der Waals surface area contributed by atoms with Gasteiger partial charge in [-0.15, -0.1) is 0 Å². The first-order valence-electron chi connectivity index (χ1n) is 41.2. The van der Waals surface area contributed by atoms with Gasteiger partial charge in [0.15, 0.2) is 0 Å². The molecule has 2 heterocycles. The van der Waals surface area contributed by atoms with Crippen molar-refractivity contribution in [2.24, 2.45) is 35.3 Å². The first kappa shape index (κ1) is 97.3. The van der Waals surface area contributed by atoms with Gasteiger partial charge in [-0.1, -0.05) is 171 Å². The van der Waals surface area contributed by atoms with Crippen LogP contribution in [-0.4, -0.2) is 199 Å². The third-order valence-electron chi connectivity index (χ3n) is 21.7. The van der Waals surface area contributed by atoms with E-state index >= 15 is 0 Å². The molecule has 654 valence electrons. The van der Waals surface area contributed by atoms with Gasteiger partial charge in [0.2, 0.25) is 41.4 Å². The standard InChI is InChI=1S/C90H125N11O17S2/c1-19-57(8)75(69(114-17)51-71(103)100-49-30-38-68(100)77(115-18)58(9)80(105)93-59(10)76(104)61-31-23-20-24-32-61)98(15)84(109)73(55(4)5)97-83(108)74(56(6)7)99(16)88(113)116-53-60-39-41-62(42-40-60)94-81(106)67(37-29-48-92-87(91)112)95-82(107)72(54(2)3)96-70(102)52-90(13,14)117-50-47-89(11,12)118-64-45-43-63(44-46-64)101-85(110)78(119-65-33-25-21-26-34-65)79(86(101)111)120-66-35-27-22-28-36-66/h20-28,31-36,39-46,54-59,67-69,72-77,104H,19,29-30,37-38,47-53H2,1-18H3,(H,93,105)(H,94,106)(H,95,107)(H,96,102)(H,97,108)(H3,91,92,112)/t57?,58-,59-,67+,68+,69-,72+,73+,74+,75+,76?,77-/m1/s1. The summed E-state index contributed by atoms with van der Waals surface area (Å²) in [6.07, 6.45) is -0.950. The van der Waals surface area contributed by atoms with Crippen LogP contribution in [0, 0.1) is 29.6 Å². The average Bonchev–Trinajstić information content (AvgIpc) is 1.62. The number of hydrogen-bond acceptors (Lipinski definition) is 19. The molecular formula is C90H125N11O17S2. The molecule has 0 aromatic heterocycles. The molecule has 1 saturated heterocycles. The molecule has 9 N–H and O–H groups in total. The summed E-state index contributed by atoms with van der Waals surface area (Å²) in [5.41, 5.74) is 5.42. The van der Waals surface area contributed by atoms with Gasteiger partial charge in [0, 0.05) is 63.3 Å². The Morgan fingerprint density at radius 2 is 1.23 bits per heavy atom. The van der Waals surface area contributed by atoms with Crippen LogP contribution in [-0.2, 0) is 68.7 Å². The first-order chi connectivity index (χ1) is 56.8.